The lowest BCUT2D eigenvalue weighted by molar-refractivity contribution is 0.102. The summed E-state index contributed by atoms with van der Waals surface area (Å²) in [4.78, 5) is 19.4. The lowest BCUT2D eigenvalue weighted by atomic mass is 10.2. The van der Waals surface area contributed by atoms with Crippen molar-refractivity contribution in [3.05, 3.63) is 60.3 Å². The molecule has 0 spiro atoms. The molecule has 194 valence electrons. The van der Waals surface area contributed by atoms with E-state index in [1.165, 1.54) is 24.6 Å². The first-order chi connectivity index (χ1) is 17.9. The number of hydrogen-bond donors (Lipinski definition) is 1. The maximum atomic E-state index is 13.4. The molecule has 2 aromatic carbocycles. The molecule has 0 saturated carbocycles. The maximum Gasteiger partial charge on any atom is 0.255 e. The van der Waals surface area contributed by atoms with Crippen LogP contribution in [0.3, 0.4) is 0 Å². The highest BCUT2D eigenvalue weighted by molar-refractivity contribution is 7.89. The summed E-state index contributed by atoms with van der Waals surface area (Å²) in [6, 6.07) is 13.2. The minimum atomic E-state index is -3.82. The summed E-state index contributed by atoms with van der Waals surface area (Å²) >= 11 is 0. The average molecular weight is 527 g/mol. The third-order valence-corrected chi connectivity index (χ3v) is 8.12. The molecule has 11 nitrogen and oxygen atoms in total. The zero-order chi connectivity index (χ0) is 26.0. The third-order valence-electron chi connectivity index (χ3n) is 6.20. The molecule has 2 aliphatic heterocycles. The van der Waals surface area contributed by atoms with E-state index < -0.39 is 10.0 Å². The van der Waals surface area contributed by atoms with Crippen LogP contribution in [0, 0.1) is 0 Å². The van der Waals surface area contributed by atoms with Gasteiger partial charge in [-0.2, -0.15) is 4.31 Å². The second-order valence-corrected chi connectivity index (χ2v) is 10.2. The number of carbonyl (C=O) groups excluding carboxylic acids is 1. The number of amides is 1. The van der Waals surface area contributed by atoms with Crippen molar-refractivity contribution in [3.8, 4) is 23.0 Å². The predicted octanol–water partition coefficient (Wildman–Crippen LogP) is 2.59. The average Bonchev–Trinajstić information content (AvgIpc) is 3.41. The fraction of sp³-hybridized carbons (Fsp3) is 0.280. The van der Waals surface area contributed by atoms with Gasteiger partial charge in [0.15, 0.2) is 17.3 Å². The van der Waals surface area contributed by atoms with Gasteiger partial charge in [-0.05, 0) is 42.5 Å². The number of pyridine rings is 1. The van der Waals surface area contributed by atoms with Crippen molar-refractivity contribution in [1.29, 1.82) is 0 Å². The lowest BCUT2D eigenvalue weighted by Gasteiger charge is -2.35. The Kier molecular flexibility index (Phi) is 6.76. The molecule has 0 bridgehead atoms. The zero-order valence-corrected chi connectivity index (χ0v) is 21.2. The standard InChI is InChI=1S/C25H26N4O7S/c1-33-18-6-8-21(34-2)23(15-18)37(31,32)29-12-10-28(11-13-29)24-19(4-3-9-26-24)27-25(30)17-5-7-20-22(14-17)36-16-35-20/h3-9,14-15H,10-13,16H2,1-2H3,(H,27,30). The molecule has 3 heterocycles. The fourth-order valence-electron chi connectivity index (χ4n) is 4.24. The number of nitrogens with zero attached hydrogens (tertiary/aromatic N) is 3. The quantitative estimate of drug-likeness (QED) is 0.495. The van der Waals surface area contributed by atoms with Gasteiger partial charge in [0.05, 0.1) is 19.9 Å². The number of sulfonamides is 1. The molecule has 0 atom stereocenters. The molecule has 5 rings (SSSR count). The molecule has 1 aromatic heterocycles. The van der Waals surface area contributed by atoms with Gasteiger partial charge in [0.1, 0.15) is 16.4 Å². The van der Waals surface area contributed by atoms with Gasteiger partial charge in [-0.15, -0.1) is 0 Å². The highest BCUT2D eigenvalue weighted by atomic mass is 32.2. The van der Waals surface area contributed by atoms with Crippen molar-refractivity contribution in [2.24, 2.45) is 0 Å². The number of rotatable bonds is 7. The van der Waals surface area contributed by atoms with Crippen molar-refractivity contribution in [3.63, 3.8) is 0 Å². The first-order valence-corrected chi connectivity index (χ1v) is 13.0. The number of nitrogens with one attached hydrogen (secondary N) is 1. The molecule has 0 unspecified atom stereocenters. The molecule has 2 aliphatic rings. The summed E-state index contributed by atoms with van der Waals surface area (Å²) in [5.41, 5.74) is 0.943. The number of benzene rings is 2. The van der Waals surface area contributed by atoms with E-state index in [9.17, 15) is 13.2 Å². The molecular formula is C25H26N4O7S. The van der Waals surface area contributed by atoms with E-state index in [1.54, 1.807) is 48.7 Å². The third kappa shape index (κ3) is 4.85. The van der Waals surface area contributed by atoms with E-state index >= 15 is 0 Å². The minimum Gasteiger partial charge on any atom is -0.497 e. The van der Waals surface area contributed by atoms with Crippen molar-refractivity contribution in [2.75, 3.05) is 57.4 Å². The molecule has 37 heavy (non-hydrogen) atoms. The molecule has 1 amide bonds. The fourth-order valence-corrected chi connectivity index (χ4v) is 5.84. The number of ether oxygens (including phenoxy) is 4. The van der Waals surface area contributed by atoms with Gasteiger partial charge in [0.2, 0.25) is 16.8 Å². The number of anilines is 2. The Labute approximate surface area is 214 Å². The van der Waals surface area contributed by atoms with Gasteiger partial charge in [0, 0.05) is 44.0 Å². The predicted molar refractivity (Wildman–Crippen MR) is 135 cm³/mol. The van der Waals surface area contributed by atoms with Crippen LogP contribution in [0.1, 0.15) is 10.4 Å². The zero-order valence-electron chi connectivity index (χ0n) is 20.3. The second-order valence-electron chi connectivity index (χ2n) is 8.30. The first kappa shape index (κ1) is 24.7. The van der Waals surface area contributed by atoms with Crippen LogP contribution < -0.4 is 29.2 Å². The molecular weight excluding hydrogens is 500 g/mol. The number of fused-ring (bicyclic) bond motifs is 1. The summed E-state index contributed by atoms with van der Waals surface area (Å²) in [7, 11) is -0.915. The Balaban J connectivity index is 1.31. The van der Waals surface area contributed by atoms with Crippen molar-refractivity contribution < 1.29 is 32.2 Å². The van der Waals surface area contributed by atoms with E-state index in [-0.39, 0.29) is 36.4 Å². The summed E-state index contributed by atoms with van der Waals surface area (Å²) in [5.74, 6) is 2.03. The van der Waals surface area contributed by atoms with E-state index in [0.717, 1.165) is 0 Å². The smallest absolute Gasteiger partial charge is 0.255 e. The van der Waals surface area contributed by atoms with E-state index in [4.69, 9.17) is 18.9 Å². The van der Waals surface area contributed by atoms with Crippen LogP contribution in [0.4, 0.5) is 11.5 Å². The molecule has 1 fully saturated rings. The molecule has 12 heteroatoms. The highest BCUT2D eigenvalue weighted by Gasteiger charge is 2.32. The van der Waals surface area contributed by atoms with Crippen LogP contribution in [0.2, 0.25) is 0 Å². The Morgan fingerprint density at radius 2 is 1.76 bits per heavy atom. The van der Waals surface area contributed by atoms with Crippen LogP contribution >= 0.6 is 0 Å². The number of hydrogen-bond acceptors (Lipinski definition) is 9. The summed E-state index contributed by atoms with van der Waals surface area (Å²) < 4.78 is 49.4. The molecule has 3 aromatic rings. The SMILES string of the molecule is COc1ccc(OC)c(S(=O)(=O)N2CCN(c3ncccc3NC(=O)c3ccc4c(c3)OCO4)CC2)c1. The monoisotopic (exact) mass is 526 g/mol. The lowest BCUT2D eigenvalue weighted by Crippen LogP contribution is -2.49. The molecule has 1 N–H and O–H groups in total. The minimum absolute atomic E-state index is 0.0531. The van der Waals surface area contributed by atoms with E-state index in [1.807, 2.05) is 4.90 Å². The normalized spacial score (nSPS) is 15.4. The van der Waals surface area contributed by atoms with Gasteiger partial charge in [-0.25, -0.2) is 13.4 Å². The number of carbonyl (C=O) groups is 1. The van der Waals surface area contributed by atoms with E-state index in [0.29, 0.717) is 47.4 Å². The van der Waals surface area contributed by atoms with Crippen LogP contribution in [0.5, 0.6) is 23.0 Å². The van der Waals surface area contributed by atoms with Gasteiger partial charge in [-0.3, -0.25) is 4.79 Å². The van der Waals surface area contributed by atoms with Gasteiger partial charge >= 0.3 is 0 Å². The maximum absolute atomic E-state index is 13.4. The van der Waals surface area contributed by atoms with Crippen LogP contribution in [0.25, 0.3) is 0 Å². The van der Waals surface area contributed by atoms with Crippen molar-refractivity contribution in [1.82, 2.24) is 9.29 Å². The summed E-state index contributed by atoms with van der Waals surface area (Å²) in [6.45, 7) is 1.36. The first-order valence-electron chi connectivity index (χ1n) is 11.5. The van der Waals surface area contributed by atoms with Gasteiger partial charge < -0.3 is 29.2 Å². The van der Waals surface area contributed by atoms with Gasteiger partial charge in [0.25, 0.3) is 5.91 Å². The van der Waals surface area contributed by atoms with Crippen LogP contribution in [-0.4, -0.2) is 70.8 Å². The Bertz CT molecular complexity index is 1420. The molecule has 0 aliphatic carbocycles. The second kappa shape index (κ2) is 10.1. The molecule has 0 radical (unpaired) electrons. The Morgan fingerprint density at radius 1 is 0.973 bits per heavy atom. The highest BCUT2D eigenvalue weighted by Crippen LogP contribution is 2.34. The topological polar surface area (TPSA) is 120 Å². The molecule has 1 saturated heterocycles. The number of methoxy groups -OCH3 is 2. The number of piperazine rings is 1. The van der Waals surface area contributed by atoms with E-state index in [2.05, 4.69) is 10.3 Å². The van der Waals surface area contributed by atoms with Crippen molar-refractivity contribution in [2.45, 2.75) is 4.90 Å². The van der Waals surface area contributed by atoms with Gasteiger partial charge in [-0.1, -0.05) is 0 Å². The Hall–Kier alpha value is -4.03. The van der Waals surface area contributed by atoms with Crippen molar-refractivity contribution >= 4 is 27.4 Å². The van der Waals surface area contributed by atoms with Crippen LogP contribution in [-0.2, 0) is 10.0 Å². The van der Waals surface area contributed by atoms with Crippen LogP contribution in [0.15, 0.2) is 59.6 Å². The summed E-state index contributed by atoms with van der Waals surface area (Å²) in [6.07, 6.45) is 1.63. The number of aromatic nitrogens is 1. The summed E-state index contributed by atoms with van der Waals surface area (Å²) in [5, 5.41) is 2.91. The largest absolute Gasteiger partial charge is 0.497 e. The Morgan fingerprint density at radius 3 is 2.51 bits per heavy atom.